The van der Waals surface area contributed by atoms with Gasteiger partial charge in [0.2, 0.25) is 0 Å². The summed E-state index contributed by atoms with van der Waals surface area (Å²) in [5, 5.41) is 11.1. The number of carbonyl (C=O) groups excluding carboxylic acids is 3. The summed E-state index contributed by atoms with van der Waals surface area (Å²) in [5.41, 5.74) is 0.484. The van der Waals surface area contributed by atoms with Gasteiger partial charge in [-0.3, -0.25) is 19.8 Å². The second kappa shape index (κ2) is 13.0. The Morgan fingerprint density at radius 1 is 1.11 bits per heavy atom. The lowest BCUT2D eigenvalue weighted by molar-refractivity contribution is -0.385. The molecule has 0 radical (unpaired) electrons. The van der Waals surface area contributed by atoms with Crippen LogP contribution in [0.3, 0.4) is 0 Å². The lowest BCUT2D eigenvalue weighted by Gasteiger charge is -2.31. The zero-order chi connectivity index (χ0) is 26.1. The number of rotatable bonds is 10. The molecule has 1 aromatic rings. The molecule has 0 N–H and O–H groups in total. The van der Waals surface area contributed by atoms with Crippen LogP contribution >= 0.6 is 0 Å². The Morgan fingerprint density at radius 2 is 1.78 bits per heavy atom. The van der Waals surface area contributed by atoms with Crippen LogP contribution in [-0.2, 0) is 30.4 Å². The first-order valence-electron chi connectivity index (χ1n) is 12.1. The van der Waals surface area contributed by atoms with Crippen LogP contribution in [0.5, 0.6) is 0 Å². The van der Waals surface area contributed by atoms with Gasteiger partial charge in [0, 0.05) is 31.3 Å². The predicted octanol–water partition coefficient (Wildman–Crippen LogP) is 3.07. The van der Waals surface area contributed by atoms with Crippen molar-refractivity contribution in [3.8, 4) is 0 Å². The fraction of sp³-hybridized carbons (Fsp3) is 0.560. The van der Waals surface area contributed by atoms with Gasteiger partial charge in [0.25, 0.3) is 5.69 Å². The Kier molecular flexibility index (Phi) is 9.80. The summed E-state index contributed by atoms with van der Waals surface area (Å²) in [5.74, 6) is -1.29. The van der Waals surface area contributed by atoms with Crippen LogP contribution in [0.2, 0.25) is 0 Å². The Bertz CT molecular complexity index is 968. The molecule has 0 bridgehead atoms. The van der Waals surface area contributed by atoms with Crippen LogP contribution in [0, 0.1) is 16.0 Å². The van der Waals surface area contributed by atoms with Gasteiger partial charge < -0.3 is 19.1 Å². The Labute approximate surface area is 210 Å². The summed E-state index contributed by atoms with van der Waals surface area (Å²) in [7, 11) is 0. The molecule has 11 nitrogen and oxygen atoms in total. The number of piperidine rings is 1. The maximum atomic E-state index is 12.9. The molecule has 1 aromatic carbocycles. The molecule has 0 spiro atoms. The summed E-state index contributed by atoms with van der Waals surface area (Å²) in [6.07, 6.45) is 1.81. The lowest BCUT2D eigenvalue weighted by Crippen LogP contribution is -2.43. The molecule has 1 atom stereocenters. The number of esters is 2. The van der Waals surface area contributed by atoms with Gasteiger partial charge in [-0.2, -0.15) is 0 Å². The van der Waals surface area contributed by atoms with E-state index < -0.39 is 23.1 Å². The zero-order valence-corrected chi connectivity index (χ0v) is 20.6. The molecule has 1 amide bonds. The van der Waals surface area contributed by atoms with Gasteiger partial charge in [-0.15, -0.1) is 0 Å². The van der Waals surface area contributed by atoms with E-state index in [1.165, 1.54) is 11.0 Å². The number of nitro benzene ring substituents is 1. The van der Waals surface area contributed by atoms with E-state index in [2.05, 4.69) is 11.5 Å². The molecule has 36 heavy (non-hydrogen) atoms. The van der Waals surface area contributed by atoms with Crippen molar-refractivity contribution in [1.29, 1.82) is 0 Å². The number of para-hydroxylation sites is 1. The van der Waals surface area contributed by atoms with Crippen molar-refractivity contribution in [2.24, 2.45) is 5.92 Å². The first kappa shape index (κ1) is 27.1. The number of hydrogen-bond acceptors (Lipinski definition) is 9. The molecular formula is C25H33N3O8. The van der Waals surface area contributed by atoms with Crippen molar-refractivity contribution in [2.75, 3.05) is 39.3 Å². The third-order valence-corrected chi connectivity index (χ3v) is 6.32. The number of nitrogens with zero attached hydrogens (tertiary/aromatic N) is 3. The summed E-state index contributed by atoms with van der Waals surface area (Å²) in [6.45, 7) is 7.80. The molecular weight excluding hydrogens is 470 g/mol. The quantitative estimate of drug-likeness (QED) is 0.155. The average molecular weight is 504 g/mol. The predicted molar refractivity (Wildman–Crippen MR) is 129 cm³/mol. The van der Waals surface area contributed by atoms with Crippen LogP contribution in [-0.4, -0.2) is 78.2 Å². The SMILES string of the molecule is C=C(C)C(=O)OCC(CN1CCCC1)OC(=O)C1CCN(C(=O)OCc2ccccc2[N+](=O)[O-])CC1. The number of ether oxygens (including phenoxy) is 3. The van der Waals surface area contributed by atoms with Gasteiger partial charge in [-0.1, -0.05) is 18.7 Å². The summed E-state index contributed by atoms with van der Waals surface area (Å²) >= 11 is 0. The number of amides is 1. The highest BCUT2D eigenvalue weighted by Crippen LogP contribution is 2.22. The van der Waals surface area contributed by atoms with Gasteiger partial charge in [-0.05, 0) is 51.8 Å². The van der Waals surface area contributed by atoms with Crippen LogP contribution in [0.15, 0.2) is 36.4 Å². The number of likely N-dealkylation sites (tertiary alicyclic amines) is 2. The first-order valence-corrected chi connectivity index (χ1v) is 12.1. The van der Waals surface area contributed by atoms with E-state index in [1.54, 1.807) is 25.1 Å². The van der Waals surface area contributed by atoms with E-state index in [0.717, 1.165) is 25.9 Å². The maximum absolute atomic E-state index is 12.9. The molecule has 2 fully saturated rings. The fourth-order valence-electron chi connectivity index (χ4n) is 4.27. The molecule has 2 aliphatic rings. The van der Waals surface area contributed by atoms with Crippen molar-refractivity contribution in [2.45, 2.75) is 45.3 Å². The second-order valence-corrected chi connectivity index (χ2v) is 9.15. The molecule has 3 rings (SSSR count). The van der Waals surface area contributed by atoms with Gasteiger partial charge in [-0.25, -0.2) is 9.59 Å². The van der Waals surface area contributed by atoms with Gasteiger partial charge in [0.15, 0.2) is 0 Å². The maximum Gasteiger partial charge on any atom is 0.410 e. The minimum atomic E-state index is -0.585. The van der Waals surface area contributed by atoms with E-state index in [1.807, 2.05) is 0 Å². The molecule has 0 aliphatic carbocycles. The number of hydrogen-bond donors (Lipinski definition) is 0. The standard InChI is InChI=1S/C25H33N3O8/c1-18(2)23(29)34-17-21(15-26-11-5-6-12-26)36-24(30)19-9-13-27(14-10-19)25(31)35-16-20-7-3-4-8-22(20)28(32)33/h3-4,7-8,19,21H,1,5-6,9-17H2,2H3. The molecule has 11 heteroatoms. The first-order chi connectivity index (χ1) is 17.2. The molecule has 2 saturated heterocycles. The van der Waals surface area contributed by atoms with Crippen molar-refractivity contribution < 1.29 is 33.5 Å². The Hall–Kier alpha value is -3.47. The summed E-state index contributed by atoms with van der Waals surface area (Å²) < 4.78 is 16.2. The highest BCUT2D eigenvalue weighted by molar-refractivity contribution is 5.86. The fourth-order valence-corrected chi connectivity index (χ4v) is 4.27. The molecule has 2 heterocycles. The van der Waals surface area contributed by atoms with Crippen molar-refractivity contribution in [3.05, 3.63) is 52.1 Å². The zero-order valence-electron chi connectivity index (χ0n) is 20.6. The van der Waals surface area contributed by atoms with Crippen molar-refractivity contribution >= 4 is 23.7 Å². The van der Waals surface area contributed by atoms with Gasteiger partial charge >= 0.3 is 18.0 Å². The van der Waals surface area contributed by atoms with Gasteiger partial charge in [0.1, 0.15) is 19.3 Å². The van der Waals surface area contributed by atoms with E-state index >= 15 is 0 Å². The normalized spacial score (nSPS) is 17.3. The van der Waals surface area contributed by atoms with Gasteiger partial charge in [0.05, 0.1) is 16.4 Å². The topological polar surface area (TPSA) is 129 Å². The van der Waals surface area contributed by atoms with E-state index in [-0.39, 0.29) is 36.4 Å². The molecule has 0 aromatic heterocycles. The minimum Gasteiger partial charge on any atom is -0.458 e. The number of carbonyl (C=O) groups is 3. The Balaban J connectivity index is 1.47. The number of benzene rings is 1. The largest absolute Gasteiger partial charge is 0.458 e. The van der Waals surface area contributed by atoms with Crippen LogP contribution in [0.25, 0.3) is 0 Å². The molecule has 0 saturated carbocycles. The smallest absolute Gasteiger partial charge is 0.410 e. The third kappa shape index (κ3) is 7.77. The molecule has 1 unspecified atom stereocenters. The van der Waals surface area contributed by atoms with Crippen molar-refractivity contribution in [1.82, 2.24) is 9.80 Å². The van der Waals surface area contributed by atoms with Crippen LogP contribution in [0.4, 0.5) is 10.5 Å². The lowest BCUT2D eigenvalue weighted by atomic mass is 9.97. The molecule has 2 aliphatic heterocycles. The van der Waals surface area contributed by atoms with E-state index in [9.17, 15) is 24.5 Å². The Morgan fingerprint density at radius 3 is 2.42 bits per heavy atom. The average Bonchev–Trinajstić information content (AvgIpc) is 3.38. The highest BCUT2D eigenvalue weighted by atomic mass is 16.6. The van der Waals surface area contributed by atoms with Crippen molar-refractivity contribution in [3.63, 3.8) is 0 Å². The van der Waals surface area contributed by atoms with Crippen LogP contribution < -0.4 is 0 Å². The summed E-state index contributed by atoms with van der Waals surface area (Å²) in [6, 6.07) is 6.09. The summed E-state index contributed by atoms with van der Waals surface area (Å²) in [4.78, 5) is 51.4. The van der Waals surface area contributed by atoms with Crippen LogP contribution in [0.1, 0.15) is 38.2 Å². The third-order valence-electron chi connectivity index (χ3n) is 6.32. The number of nitro groups is 1. The monoisotopic (exact) mass is 503 g/mol. The van der Waals surface area contributed by atoms with E-state index in [0.29, 0.717) is 38.0 Å². The highest BCUT2D eigenvalue weighted by Gasteiger charge is 2.32. The van der Waals surface area contributed by atoms with E-state index in [4.69, 9.17) is 14.2 Å². The molecule has 196 valence electrons. The second-order valence-electron chi connectivity index (χ2n) is 9.15. The minimum absolute atomic E-state index is 0.0370.